The zero-order valence-electron chi connectivity index (χ0n) is 13.1. The molecule has 0 radical (unpaired) electrons. The molecule has 2 heteroatoms. The van der Waals surface area contributed by atoms with E-state index in [-0.39, 0.29) is 0 Å². The maximum Gasteiger partial charge on any atom is 0.145 e. The van der Waals surface area contributed by atoms with E-state index in [1.165, 1.54) is 38.7 Å². The predicted octanol–water partition coefficient (Wildman–Crippen LogP) is 5.08. The molecule has 2 heterocycles. The highest BCUT2D eigenvalue weighted by Gasteiger charge is 2.13. The van der Waals surface area contributed by atoms with Crippen LogP contribution < -0.4 is 0 Å². The number of fused-ring (bicyclic) bond motifs is 3. The Kier molecular flexibility index (Phi) is 2.80. The van der Waals surface area contributed by atoms with Crippen LogP contribution in [-0.4, -0.2) is 9.38 Å². The SMILES string of the molecule is Cc1cc(C)c(-c2cc3ccccc3c3nccn23)c(C)c1. The summed E-state index contributed by atoms with van der Waals surface area (Å²) in [6.07, 6.45) is 3.93. The molecule has 0 bridgehead atoms. The van der Waals surface area contributed by atoms with Crippen molar-refractivity contribution >= 4 is 16.4 Å². The van der Waals surface area contributed by atoms with E-state index in [2.05, 4.69) is 78.8 Å². The van der Waals surface area contributed by atoms with Gasteiger partial charge in [0.05, 0.1) is 5.69 Å². The van der Waals surface area contributed by atoms with Gasteiger partial charge in [0.2, 0.25) is 0 Å². The number of aryl methyl sites for hydroxylation is 3. The monoisotopic (exact) mass is 286 g/mol. The van der Waals surface area contributed by atoms with Crippen LogP contribution >= 0.6 is 0 Å². The van der Waals surface area contributed by atoms with Crippen LogP contribution in [0.2, 0.25) is 0 Å². The third-order valence-corrected chi connectivity index (χ3v) is 4.33. The van der Waals surface area contributed by atoms with Gasteiger partial charge in [0.25, 0.3) is 0 Å². The van der Waals surface area contributed by atoms with E-state index in [9.17, 15) is 0 Å². The van der Waals surface area contributed by atoms with Crippen molar-refractivity contribution in [3.05, 3.63) is 71.5 Å². The maximum absolute atomic E-state index is 4.57. The first-order chi connectivity index (χ1) is 10.6. The molecule has 0 fully saturated rings. The highest BCUT2D eigenvalue weighted by molar-refractivity contribution is 5.97. The van der Waals surface area contributed by atoms with Gasteiger partial charge in [-0.15, -0.1) is 0 Å². The molecule has 0 saturated carbocycles. The van der Waals surface area contributed by atoms with Crippen molar-refractivity contribution in [1.82, 2.24) is 9.38 Å². The second kappa shape index (κ2) is 4.70. The fourth-order valence-corrected chi connectivity index (χ4v) is 3.52. The Morgan fingerprint density at radius 3 is 2.41 bits per heavy atom. The van der Waals surface area contributed by atoms with Gasteiger partial charge in [0, 0.05) is 23.3 Å². The Morgan fingerprint density at radius 1 is 0.909 bits per heavy atom. The first-order valence-electron chi connectivity index (χ1n) is 7.58. The van der Waals surface area contributed by atoms with Crippen LogP contribution in [-0.2, 0) is 0 Å². The molecule has 0 spiro atoms. The van der Waals surface area contributed by atoms with E-state index in [0.29, 0.717) is 0 Å². The van der Waals surface area contributed by atoms with Gasteiger partial charge in [-0.25, -0.2) is 4.98 Å². The maximum atomic E-state index is 4.57. The van der Waals surface area contributed by atoms with Crippen molar-refractivity contribution in [3.63, 3.8) is 0 Å². The molecular weight excluding hydrogens is 268 g/mol. The minimum absolute atomic E-state index is 1.02. The third-order valence-electron chi connectivity index (χ3n) is 4.33. The lowest BCUT2D eigenvalue weighted by Gasteiger charge is -2.15. The summed E-state index contributed by atoms with van der Waals surface area (Å²) in [4.78, 5) is 4.57. The summed E-state index contributed by atoms with van der Waals surface area (Å²) in [5.74, 6) is 0. The van der Waals surface area contributed by atoms with Crippen molar-refractivity contribution in [2.24, 2.45) is 0 Å². The highest BCUT2D eigenvalue weighted by Crippen LogP contribution is 2.32. The summed E-state index contributed by atoms with van der Waals surface area (Å²) in [5.41, 5.74) is 7.46. The standard InChI is InChI=1S/C20H18N2/c1-13-10-14(2)19(15(3)11-13)18-12-16-6-4-5-7-17(16)20-21-8-9-22(18)20/h4-12H,1-3H3. The predicted molar refractivity (Wildman–Crippen MR) is 92.3 cm³/mol. The van der Waals surface area contributed by atoms with Crippen LogP contribution in [0.3, 0.4) is 0 Å². The number of rotatable bonds is 1. The zero-order chi connectivity index (χ0) is 15.3. The minimum atomic E-state index is 1.02. The number of imidazole rings is 1. The van der Waals surface area contributed by atoms with Crippen LogP contribution in [0.5, 0.6) is 0 Å². The number of hydrogen-bond acceptors (Lipinski definition) is 1. The van der Waals surface area contributed by atoms with Crippen molar-refractivity contribution < 1.29 is 0 Å². The molecule has 2 nitrogen and oxygen atoms in total. The largest absolute Gasteiger partial charge is 0.299 e. The Bertz CT molecular complexity index is 986. The lowest BCUT2D eigenvalue weighted by atomic mass is 9.96. The van der Waals surface area contributed by atoms with Crippen LogP contribution in [0.1, 0.15) is 16.7 Å². The normalized spacial score (nSPS) is 11.4. The first-order valence-corrected chi connectivity index (χ1v) is 7.58. The topological polar surface area (TPSA) is 17.3 Å². The summed E-state index contributed by atoms with van der Waals surface area (Å²) < 4.78 is 2.20. The smallest absolute Gasteiger partial charge is 0.145 e. The molecule has 2 aromatic heterocycles. The van der Waals surface area contributed by atoms with E-state index >= 15 is 0 Å². The van der Waals surface area contributed by atoms with E-state index in [1.807, 2.05) is 6.20 Å². The Morgan fingerprint density at radius 2 is 1.64 bits per heavy atom. The first kappa shape index (κ1) is 13.1. The van der Waals surface area contributed by atoms with Crippen molar-refractivity contribution in [2.75, 3.05) is 0 Å². The Balaban J connectivity index is 2.16. The fourth-order valence-electron chi connectivity index (χ4n) is 3.52. The molecule has 0 atom stereocenters. The fraction of sp³-hybridized carbons (Fsp3) is 0.150. The van der Waals surface area contributed by atoms with Gasteiger partial charge >= 0.3 is 0 Å². The summed E-state index contributed by atoms with van der Waals surface area (Å²) in [7, 11) is 0. The van der Waals surface area contributed by atoms with E-state index in [1.54, 1.807) is 0 Å². The van der Waals surface area contributed by atoms with Crippen LogP contribution in [0.25, 0.3) is 27.7 Å². The van der Waals surface area contributed by atoms with E-state index in [4.69, 9.17) is 0 Å². The Hall–Kier alpha value is -2.61. The number of hydrogen-bond donors (Lipinski definition) is 0. The summed E-state index contributed by atoms with van der Waals surface area (Å²) >= 11 is 0. The molecule has 4 aromatic rings. The molecule has 22 heavy (non-hydrogen) atoms. The lowest BCUT2D eigenvalue weighted by Crippen LogP contribution is -1.97. The molecule has 0 saturated heterocycles. The van der Waals surface area contributed by atoms with Crippen LogP contribution in [0.15, 0.2) is 54.9 Å². The number of aromatic nitrogens is 2. The van der Waals surface area contributed by atoms with Crippen molar-refractivity contribution in [1.29, 1.82) is 0 Å². The van der Waals surface area contributed by atoms with Crippen molar-refractivity contribution in [3.8, 4) is 11.3 Å². The van der Waals surface area contributed by atoms with Gasteiger partial charge in [-0.2, -0.15) is 0 Å². The van der Waals surface area contributed by atoms with Gasteiger partial charge in [-0.3, -0.25) is 4.40 Å². The average molecular weight is 286 g/mol. The number of nitrogens with zero attached hydrogens (tertiary/aromatic N) is 2. The zero-order valence-corrected chi connectivity index (χ0v) is 13.1. The summed E-state index contributed by atoms with van der Waals surface area (Å²) in [5, 5.41) is 2.43. The molecule has 108 valence electrons. The van der Waals surface area contributed by atoms with Gasteiger partial charge < -0.3 is 0 Å². The molecule has 0 unspecified atom stereocenters. The van der Waals surface area contributed by atoms with E-state index < -0.39 is 0 Å². The quantitative estimate of drug-likeness (QED) is 0.477. The number of pyridine rings is 1. The van der Waals surface area contributed by atoms with Gasteiger partial charge in [0.1, 0.15) is 5.65 Å². The van der Waals surface area contributed by atoms with Crippen LogP contribution in [0, 0.1) is 20.8 Å². The summed E-state index contributed by atoms with van der Waals surface area (Å²) in [6.45, 7) is 6.53. The summed E-state index contributed by atoms with van der Waals surface area (Å²) in [6, 6.07) is 15.2. The Labute approximate surface area is 130 Å². The number of benzene rings is 2. The molecule has 0 aliphatic rings. The average Bonchev–Trinajstić information content (AvgIpc) is 2.96. The second-order valence-electron chi connectivity index (χ2n) is 6.01. The minimum Gasteiger partial charge on any atom is -0.299 e. The second-order valence-corrected chi connectivity index (χ2v) is 6.01. The van der Waals surface area contributed by atoms with Crippen LogP contribution in [0.4, 0.5) is 0 Å². The van der Waals surface area contributed by atoms with Gasteiger partial charge in [0.15, 0.2) is 0 Å². The molecule has 0 aliphatic heterocycles. The van der Waals surface area contributed by atoms with E-state index in [0.717, 1.165) is 5.65 Å². The van der Waals surface area contributed by atoms with Gasteiger partial charge in [-0.1, -0.05) is 42.0 Å². The van der Waals surface area contributed by atoms with Crippen molar-refractivity contribution in [2.45, 2.75) is 20.8 Å². The van der Waals surface area contributed by atoms with Gasteiger partial charge in [-0.05, 0) is 43.4 Å². The molecule has 4 rings (SSSR count). The molecule has 0 aliphatic carbocycles. The highest BCUT2D eigenvalue weighted by atomic mass is 15.0. The molecule has 0 amide bonds. The molecular formula is C20H18N2. The molecule has 2 aromatic carbocycles. The molecule has 0 N–H and O–H groups in total. The lowest BCUT2D eigenvalue weighted by molar-refractivity contribution is 1.18. The third kappa shape index (κ3) is 1.84.